The Bertz CT molecular complexity index is 335. The Morgan fingerprint density at radius 2 is 2.06 bits per heavy atom. The average Bonchev–Trinajstić information content (AvgIpc) is 3.01. The lowest BCUT2D eigenvalue weighted by Gasteiger charge is -2.19. The molecule has 5 nitrogen and oxygen atoms in total. The Kier molecular flexibility index (Phi) is 4.73. The SMILES string of the molecule is CCN(CCC(=O)OC)S(=O)(=O)CC1CC1. The van der Waals surface area contributed by atoms with Crippen molar-refractivity contribution < 1.29 is 17.9 Å². The van der Waals surface area contributed by atoms with E-state index in [4.69, 9.17) is 0 Å². The highest BCUT2D eigenvalue weighted by molar-refractivity contribution is 7.89. The van der Waals surface area contributed by atoms with E-state index in [1.807, 2.05) is 0 Å². The first-order chi connectivity index (χ1) is 7.49. The van der Waals surface area contributed by atoms with Crippen LogP contribution in [0, 0.1) is 5.92 Å². The van der Waals surface area contributed by atoms with E-state index >= 15 is 0 Å². The first-order valence-electron chi connectivity index (χ1n) is 5.54. The molecule has 0 amide bonds. The van der Waals surface area contributed by atoms with E-state index in [1.165, 1.54) is 11.4 Å². The van der Waals surface area contributed by atoms with Gasteiger partial charge in [0, 0.05) is 13.1 Å². The first-order valence-corrected chi connectivity index (χ1v) is 7.15. The summed E-state index contributed by atoms with van der Waals surface area (Å²) in [6.45, 7) is 2.41. The summed E-state index contributed by atoms with van der Waals surface area (Å²) in [5, 5.41) is 0. The van der Waals surface area contributed by atoms with Crippen LogP contribution in [0.4, 0.5) is 0 Å². The summed E-state index contributed by atoms with van der Waals surface area (Å²) >= 11 is 0. The molecule has 0 N–H and O–H groups in total. The van der Waals surface area contributed by atoms with Crippen molar-refractivity contribution >= 4 is 16.0 Å². The van der Waals surface area contributed by atoms with Crippen molar-refractivity contribution in [2.45, 2.75) is 26.2 Å². The van der Waals surface area contributed by atoms with Crippen molar-refractivity contribution in [3.05, 3.63) is 0 Å². The third-order valence-corrected chi connectivity index (χ3v) is 4.80. The molecule has 0 bridgehead atoms. The average molecular weight is 249 g/mol. The van der Waals surface area contributed by atoms with Gasteiger partial charge >= 0.3 is 5.97 Å². The molecule has 0 unspecified atom stereocenters. The van der Waals surface area contributed by atoms with Gasteiger partial charge in [0.1, 0.15) is 0 Å². The molecular formula is C10H19NO4S. The van der Waals surface area contributed by atoms with Gasteiger partial charge in [-0.2, -0.15) is 0 Å². The number of carbonyl (C=O) groups is 1. The maximum atomic E-state index is 11.9. The first kappa shape index (κ1) is 13.4. The summed E-state index contributed by atoms with van der Waals surface area (Å²) < 4.78 is 29.6. The van der Waals surface area contributed by atoms with E-state index < -0.39 is 10.0 Å². The van der Waals surface area contributed by atoms with Crippen LogP contribution in [0.5, 0.6) is 0 Å². The minimum absolute atomic E-state index is 0.119. The minimum Gasteiger partial charge on any atom is -0.469 e. The smallest absolute Gasteiger partial charge is 0.306 e. The van der Waals surface area contributed by atoms with E-state index in [9.17, 15) is 13.2 Å². The standard InChI is InChI=1S/C10H19NO4S/c1-3-11(7-6-10(12)15-2)16(13,14)8-9-4-5-9/h9H,3-8H2,1-2H3. The molecule has 0 spiro atoms. The second-order valence-electron chi connectivity index (χ2n) is 4.04. The molecule has 1 rings (SSSR count). The monoisotopic (exact) mass is 249 g/mol. The van der Waals surface area contributed by atoms with Gasteiger partial charge in [0.15, 0.2) is 0 Å². The van der Waals surface area contributed by atoms with Crippen LogP contribution in [-0.2, 0) is 19.6 Å². The van der Waals surface area contributed by atoms with Crippen LogP contribution in [-0.4, -0.2) is 44.6 Å². The third kappa shape index (κ3) is 4.09. The predicted octanol–water partition coefficient (Wildman–Crippen LogP) is 0.611. The molecule has 1 aliphatic carbocycles. The highest BCUT2D eigenvalue weighted by atomic mass is 32.2. The zero-order valence-electron chi connectivity index (χ0n) is 9.81. The van der Waals surface area contributed by atoms with Crippen LogP contribution in [0.3, 0.4) is 0 Å². The van der Waals surface area contributed by atoms with Gasteiger partial charge in [-0.1, -0.05) is 6.92 Å². The molecule has 1 aliphatic rings. The molecule has 0 aromatic heterocycles. The molecule has 0 saturated heterocycles. The Labute approximate surface area is 96.8 Å². The van der Waals surface area contributed by atoms with Gasteiger partial charge in [-0.05, 0) is 18.8 Å². The molecule has 6 heteroatoms. The number of sulfonamides is 1. The van der Waals surface area contributed by atoms with Crippen LogP contribution in [0.15, 0.2) is 0 Å². The molecule has 0 radical (unpaired) electrons. The van der Waals surface area contributed by atoms with Crippen molar-refractivity contribution in [2.24, 2.45) is 5.92 Å². The maximum Gasteiger partial charge on any atom is 0.306 e. The van der Waals surface area contributed by atoms with E-state index in [-0.39, 0.29) is 24.7 Å². The highest BCUT2D eigenvalue weighted by Gasteiger charge is 2.31. The Hall–Kier alpha value is -0.620. The van der Waals surface area contributed by atoms with Gasteiger partial charge in [-0.25, -0.2) is 12.7 Å². The number of rotatable bonds is 7. The fraction of sp³-hybridized carbons (Fsp3) is 0.900. The number of esters is 1. The van der Waals surface area contributed by atoms with Gasteiger partial charge in [-0.15, -0.1) is 0 Å². The molecule has 0 atom stereocenters. The number of hydrogen-bond donors (Lipinski definition) is 0. The summed E-state index contributed by atoms with van der Waals surface area (Å²) in [6, 6.07) is 0. The molecule has 1 fully saturated rings. The highest BCUT2D eigenvalue weighted by Crippen LogP contribution is 2.31. The molecule has 0 aromatic rings. The maximum absolute atomic E-state index is 11.9. The summed E-state index contributed by atoms with van der Waals surface area (Å²) in [7, 11) is -1.88. The van der Waals surface area contributed by atoms with Crippen LogP contribution in [0.25, 0.3) is 0 Å². The summed E-state index contributed by atoms with van der Waals surface area (Å²) in [5.41, 5.74) is 0. The van der Waals surface area contributed by atoms with Crippen molar-refractivity contribution in [3.63, 3.8) is 0 Å². The van der Waals surface area contributed by atoms with E-state index in [0.29, 0.717) is 12.5 Å². The lowest BCUT2D eigenvalue weighted by atomic mass is 10.4. The van der Waals surface area contributed by atoms with Gasteiger partial charge in [-0.3, -0.25) is 4.79 Å². The molecule has 0 aliphatic heterocycles. The minimum atomic E-state index is -3.19. The van der Waals surface area contributed by atoms with Gasteiger partial charge < -0.3 is 4.74 Å². The lowest BCUT2D eigenvalue weighted by molar-refractivity contribution is -0.140. The lowest BCUT2D eigenvalue weighted by Crippen LogP contribution is -2.35. The number of carbonyl (C=O) groups excluding carboxylic acids is 1. The topological polar surface area (TPSA) is 63.7 Å². The van der Waals surface area contributed by atoms with Crippen LogP contribution >= 0.6 is 0 Å². The Morgan fingerprint density at radius 3 is 2.50 bits per heavy atom. The molecule has 94 valence electrons. The summed E-state index contributed by atoms with van der Waals surface area (Å²) in [6.07, 6.45) is 2.13. The van der Waals surface area contributed by atoms with Crippen molar-refractivity contribution in [1.29, 1.82) is 0 Å². The van der Waals surface area contributed by atoms with Crippen molar-refractivity contribution in [2.75, 3.05) is 26.0 Å². The van der Waals surface area contributed by atoms with Crippen LogP contribution < -0.4 is 0 Å². The summed E-state index contributed by atoms with van der Waals surface area (Å²) in [4.78, 5) is 10.9. The number of ether oxygens (including phenoxy) is 1. The summed E-state index contributed by atoms with van der Waals surface area (Å²) in [5.74, 6) is 0.180. The Balaban J connectivity index is 2.47. The number of hydrogen-bond acceptors (Lipinski definition) is 4. The number of nitrogens with zero attached hydrogens (tertiary/aromatic N) is 1. The van der Waals surface area contributed by atoms with E-state index in [0.717, 1.165) is 12.8 Å². The van der Waals surface area contributed by atoms with Gasteiger partial charge in [0.05, 0.1) is 19.3 Å². The zero-order valence-corrected chi connectivity index (χ0v) is 10.6. The van der Waals surface area contributed by atoms with Crippen molar-refractivity contribution in [1.82, 2.24) is 4.31 Å². The molecular weight excluding hydrogens is 230 g/mol. The second-order valence-corrected chi connectivity index (χ2v) is 6.05. The molecule has 16 heavy (non-hydrogen) atoms. The largest absolute Gasteiger partial charge is 0.469 e. The van der Waals surface area contributed by atoms with Crippen molar-refractivity contribution in [3.8, 4) is 0 Å². The molecule has 0 aromatic carbocycles. The normalized spacial score (nSPS) is 16.4. The Morgan fingerprint density at radius 1 is 1.44 bits per heavy atom. The molecule has 1 saturated carbocycles. The number of methoxy groups -OCH3 is 1. The van der Waals surface area contributed by atoms with Crippen LogP contribution in [0.2, 0.25) is 0 Å². The van der Waals surface area contributed by atoms with Crippen LogP contribution in [0.1, 0.15) is 26.2 Å². The quantitative estimate of drug-likeness (QED) is 0.620. The fourth-order valence-corrected chi connectivity index (χ4v) is 3.40. The van der Waals surface area contributed by atoms with Gasteiger partial charge in [0.2, 0.25) is 10.0 Å². The van der Waals surface area contributed by atoms with Gasteiger partial charge in [0.25, 0.3) is 0 Å². The predicted molar refractivity (Wildman–Crippen MR) is 60.4 cm³/mol. The van der Waals surface area contributed by atoms with E-state index in [2.05, 4.69) is 4.74 Å². The molecule has 0 heterocycles. The zero-order chi connectivity index (χ0) is 12.2. The second kappa shape index (κ2) is 5.63. The third-order valence-electron chi connectivity index (χ3n) is 2.68. The van der Waals surface area contributed by atoms with E-state index in [1.54, 1.807) is 6.92 Å². The fourth-order valence-electron chi connectivity index (χ4n) is 1.50.